The second-order valence-electron chi connectivity index (χ2n) is 6.96. The van der Waals surface area contributed by atoms with Gasteiger partial charge in [0.1, 0.15) is 12.4 Å². The zero-order valence-electron chi connectivity index (χ0n) is 16.6. The van der Waals surface area contributed by atoms with Gasteiger partial charge in [0, 0.05) is 43.7 Å². The van der Waals surface area contributed by atoms with E-state index >= 15 is 0 Å². The molecule has 6 heteroatoms. The Bertz CT molecular complexity index is 902. The first-order valence-electron chi connectivity index (χ1n) is 9.90. The molecule has 0 spiro atoms. The molecule has 2 aromatic carbocycles. The number of nitrogens with zero attached hydrogens (tertiary/aromatic N) is 3. The minimum atomic E-state index is -0.0304. The number of ether oxygens (including phenoxy) is 1. The molecule has 0 radical (unpaired) electrons. The van der Waals surface area contributed by atoms with Crippen molar-refractivity contribution in [2.75, 3.05) is 26.2 Å². The van der Waals surface area contributed by atoms with Crippen molar-refractivity contribution < 1.29 is 14.3 Å². The first kappa shape index (κ1) is 20.4. The second-order valence-corrected chi connectivity index (χ2v) is 6.96. The molecule has 150 valence electrons. The number of hydrogen-bond donors (Lipinski definition) is 0. The minimum Gasteiger partial charge on any atom is -0.489 e. The molecule has 1 saturated heterocycles. The maximum absolute atomic E-state index is 12.8. The van der Waals surface area contributed by atoms with Crippen molar-refractivity contribution in [3.63, 3.8) is 0 Å². The molecule has 6 nitrogen and oxygen atoms in total. The summed E-state index contributed by atoms with van der Waals surface area (Å²) in [4.78, 5) is 28.4. The van der Waals surface area contributed by atoms with Crippen molar-refractivity contribution in [3.05, 3.63) is 65.2 Å². The molecule has 1 aliphatic rings. The molecule has 0 aromatic heterocycles. The first-order chi connectivity index (χ1) is 14.1. The van der Waals surface area contributed by atoms with Crippen molar-refractivity contribution in [1.29, 1.82) is 5.26 Å². The first-order valence-corrected chi connectivity index (χ1v) is 9.90. The fourth-order valence-electron chi connectivity index (χ4n) is 3.39. The highest BCUT2D eigenvalue weighted by Gasteiger charge is 2.22. The summed E-state index contributed by atoms with van der Waals surface area (Å²) in [6, 6.07) is 16.5. The van der Waals surface area contributed by atoms with Crippen molar-refractivity contribution in [2.45, 2.75) is 26.4 Å². The van der Waals surface area contributed by atoms with Gasteiger partial charge in [0.25, 0.3) is 5.91 Å². The molecular weight excluding hydrogens is 366 g/mol. The van der Waals surface area contributed by atoms with Gasteiger partial charge in [0.2, 0.25) is 5.91 Å². The number of benzene rings is 2. The number of carbonyl (C=O) groups is 2. The predicted molar refractivity (Wildman–Crippen MR) is 109 cm³/mol. The standard InChI is InChI=1S/C23H25N3O3/c1-2-22(27)25-12-5-13-26(15-14-25)23(28)18-8-10-21(11-9-18)29-17-20-7-4-3-6-19(20)16-24/h3-4,6-11H,2,5,12-15,17H2,1H3. The normalized spacial score (nSPS) is 14.1. The number of hydrogen-bond acceptors (Lipinski definition) is 4. The van der Waals surface area contributed by atoms with Crippen LogP contribution >= 0.6 is 0 Å². The number of amides is 2. The maximum atomic E-state index is 12.8. The molecule has 0 unspecified atom stereocenters. The average molecular weight is 391 g/mol. The van der Waals surface area contributed by atoms with E-state index in [1.165, 1.54) is 0 Å². The van der Waals surface area contributed by atoms with Gasteiger partial charge in [0.05, 0.1) is 11.6 Å². The van der Waals surface area contributed by atoms with E-state index in [1.807, 2.05) is 34.9 Å². The molecule has 3 rings (SSSR count). The lowest BCUT2D eigenvalue weighted by atomic mass is 10.1. The highest BCUT2D eigenvalue weighted by molar-refractivity contribution is 5.94. The van der Waals surface area contributed by atoms with Crippen LogP contribution in [0.5, 0.6) is 5.75 Å². The zero-order valence-corrected chi connectivity index (χ0v) is 16.6. The fourth-order valence-corrected chi connectivity index (χ4v) is 3.39. The SMILES string of the molecule is CCC(=O)N1CCCN(C(=O)c2ccc(OCc3ccccc3C#N)cc2)CC1. The minimum absolute atomic E-state index is 0.0304. The van der Waals surface area contributed by atoms with Gasteiger partial charge < -0.3 is 14.5 Å². The summed E-state index contributed by atoms with van der Waals surface area (Å²) in [7, 11) is 0. The van der Waals surface area contributed by atoms with Gasteiger partial charge in [0.15, 0.2) is 0 Å². The summed E-state index contributed by atoms with van der Waals surface area (Å²) in [5, 5.41) is 9.15. The fraction of sp³-hybridized carbons (Fsp3) is 0.348. The van der Waals surface area contributed by atoms with Crippen LogP contribution in [0.1, 0.15) is 41.3 Å². The summed E-state index contributed by atoms with van der Waals surface area (Å²) in [5.74, 6) is 0.751. The van der Waals surface area contributed by atoms with E-state index in [9.17, 15) is 9.59 Å². The molecule has 1 aliphatic heterocycles. The van der Waals surface area contributed by atoms with Crippen LogP contribution in [0, 0.1) is 11.3 Å². The molecule has 29 heavy (non-hydrogen) atoms. The Kier molecular flexibility index (Phi) is 6.85. The van der Waals surface area contributed by atoms with Gasteiger partial charge in [-0.3, -0.25) is 9.59 Å². The lowest BCUT2D eigenvalue weighted by Gasteiger charge is -2.22. The largest absolute Gasteiger partial charge is 0.489 e. The monoisotopic (exact) mass is 391 g/mol. The van der Waals surface area contributed by atoms with Crippen LogP contribution in [0.4, 0.5) is 0 Å². The third-order valence-electron chi connectivity index (χ3n) is 5.07. The Morgan fingerprint density at radius 3 is 2.41 bits per heavy atom. The molecule has 0 atom stereocenters. The summed E-state index contributed by atoms with van der Waals surface area (Å²) >= 11 is 0. The van der Waals surface area contributed by atoms with Crippen molar-refractivity contribution in [1.82, 2.24) is 9.80 Å². The van der Waals surface area contributed by atoms with Crippen LogP contribution in [0.3, 0.4) is 0 Å². The molecule has 0 bridgehead atoms. The Morgan fingerprint density at radius 2 is 1.69 bits per heavy atom. The molecular formula is C23H25N3O3. The van der Waals surface area contributed by atoms with Crippen LogP contribution in [0.25, 0.3) is 0 Å². The van der Waals surface area contributed by atoms with Crippen LogP contribution in [-0.4, -0.2) is 47.8 Å². The summed E-state index contributed by atoms with van der Waals surface area (Å²) in [6.45, 7) is 4.64. The lowest BCUT2D eigenvalue weighted by Crippen LogP contribution is -2.37. The van der Waals surface area contributed by atoms with Crippen LogP contribution in [0.2, 0.25) is 0 Å². The topological polar surface area (TPSA) is 73.6 Å². The lowest BCUT2D eigenvalue weighted by molar-refractivity contribution is -0.130. The van der Waals surface area contributed by atoms with Gasteiger partial charge in [-0.25, -0.2) is 0 Å². The molecule has 0 saturated carbocycles. The average Bonchev–Trinajstić information content (AvgIpc) is 3.03. The molecule has 1 heterocycles. The van der Waals surface area contributed by atoms with Crippen LogP contribution in [0.15, 0.2) is 48.5 Å². The van der Waals surface area contributed by atoms with Crippen LogP contribution < -0.4 is 4.74 Å². The molecule has 1 fully saturated rings. The second kappa shape index (κ2) is 9.74. The Morgan fingerprint density at radius 1 is 1.00 bits per heavy atom. The van der Waals surface area contributed by atoms with E-state index in [1.54, 1.807) is 30.3 Å². The molecule has 2 amide bonds. The van der Waals surface area contributed by atoms with Gasteiger partial charge in [-0.05, 0) is 36.8 Å². The molecule has 0 aliphatic carbocycles. The number of nitriles is 1. The molecule has 2 aromatic rings. The number of rotatable bonds is 5. The van der Waals surface area contributed by atoms with Gasteiger partial charge in [-0.15, -0.1) is 0 Å². The van der Waals surface area contributed by atoms with Crippen LogP contribution in [-0.2, 0) is 11.4 Å². The number of carbonyl (C=O) groups excluding carboxylic acids is 2. The van der Waals surface area contributed by atoms with Crippen molar-refractivity contribution in [2.24, 2.45) is 0 Å². The van der Waals surface area contributed by atoms with E-state index in [0.717, 1.165) is 12.0 Å². The summed E-state index contributed by atoms with van der Waals surface area (Å²) in [6.07, 6.45) is 1.28. The third kappa shape index (κ3) is 5.14. The Balaban J connectivity index is 1.59. The van der Waals surface area contributed by atoms with Gasteiger partial charge in [-0.1, -0.05) is 25.1 Å². The Labute approximate surface area is 171 Å². The summed E-state index contributed by atoms with van der Waals surface area (Å²) < 4.78 is 5.77. The van der Waals surface area contributed by atoms with Crippen molar-refractivity contribution >= 4 is 11.8 Å². The predicted octanol–water partition coefficient (Wildman–Crippen LogP) is 3.22. The van der Waals surface area contributed by atoms with E-state index in [2.05, 4.69) is 6.07 Å². The van der Waals surface area contributed by atoms with E-state index in [4.69, 9.17) is 10.00 Å². The third-order valence-corrected chi connectivity index (χ3v) is 5.07. The van der Waals surface area contributed by atoms with E-state index in [0.29, 0.717) is 56.1 Å². The zero-order chi connectivity index (χ0) is 20.6. The quantitative estimate of drug-likeness (QED) is 0.784. The van der Waals surface area contributed by atoms with E-state index in [-0.39, 0.29) is 11.8 Å². The highest BCUT2D eigenvalue weighted by atomic mass is 16.5. The van der Waals surface area contributed by atoms with Gasteiger partial charge in [-0.2, -0.15) is 5.26 Å². The highest BCUT2D eigenvalue weighted by Crippen LogP contribution is 2.17. The summed E-state index contributed by atoms with van der Waals surface area (Å²) in [5.41, 5.74) is 2.02. The smallest absolute Gasteiger partial charge is 0.253 e. The molecule has 0 N–H and O–H groups in total. The Hall–Kier alpha value is -3.33. The van der Waals surface area contributed by atoms with Crippen molar-refractivity contribution in [3.8, 4) is 11.8 Å². The van der Waals surface area contributed by atoms with Gasteiger partial charge >= 0.3 is 0 Å². The van der Waals surface area contributed by atoms with E-state index < -0.39 is 0 Å². The maximum Gasteiger partial charge on any atom is 0.253 e.